The standard InChI is InChI=1S/C61H109NO18/c1-3-5-7-9-11-13-15-17-18-19-20-21-22-23-24-25-27-28-30-32-34-36-38-45(66)44(62-49(67)39-37-35-33-31-29-26-16-14-12-10-8-6-4-2)43-75-59-55(73)52(70)57(47(41-64)77-59)80-61-56(74)53(71)58(48(42-65)78-61)79-60-54(72)51(69)50(68)46(40-63)76-60/h14,16,23-24,28,30,36,38,44-48,50-61,63-66,68-74H,3-13,15,17-22,25-27,29,31-35,37,39-43H2,1-2H3,(H,62,67)/b16-14-,24-23+,30-28+,38-36+. The van der Waals surface area contributed by atoms with Gasteiger partial charge in [0.1, 0.15) is 73.2 Å². The zero-order valence-electron chi connectivity index (χ0n) is 48.5. The van der Waals surface area contributed by atoms with E-state index >= 15 is 0 Å². The lowest BCUT2D eigenvalue weighted by Gasteiger charge is -2.48. The summed E-state index contributed by atoms with van der Waals surface area (Å²) >= 11 is 0. The van der Waals surface area contributed by atoms with E-state index in [1.807, 2.05) is 6.08 Å². The molecule has 12 N–H and O–H groups in total. The molecule has 0 aromatic rings. The summed E-state index contributed by atoms with van der Waals surface area (Å²) in [4.78, 5) is 13.3. The van der Waals surface area contributed by atoms with E-state index in [1.165, 1.54) is 103 Å². The minimum Gasteiger partial charge on any atom is -0.394 e. The molecular formula is C61H109NO18. The fourth-order valence-electron chi connectivity index (χ4n) is 10.2. The number of amides is 1. The summed E-state index contributed by atoms with van der Waals surface area (Å²) in [5, 5.41) is 120. The van der Waals surface area contributed by atoms with Gasteiger partial charge in [0.05, 0.1) is 38.6 Å². The molecule has 0 aromatic carbocycles. The van der Waals surface area contributed by atoms with Gasteiger partial charge in [-0.3, -0.25) is 4.79 Å². The van der Waals surface area contributed by atoms with Crippen LogP contribution in [0, 0.1) is 0 Å². The van der Waals surface area contributed by atoms with E-state index in [4.69, 9.17) is 28.4 Å². The number of rotatable bonds is 45. The van der Waals surface area contributed by atoms with Gasteiger partial charge in [0.2, 0.25) is 5.91 Å². The second-order valence-electron chi connectivity index (χ2n) is 22.1. The van der Waals surface area contributed by atoms with Crippen LogP contribution in [0.4, 0.5) is 0 Å². The summed E-state index contributed by atoms with van der Waals surface area (Å²) in [7, 11) is 0. The molecule has 0 saturated carbocycles. The Morgan fingerprint density at radius 1 is 0.438 bits per heavy atom. The Kier molecular flexibility index (Phi) is 39.8. The number of carbonyl (C=O) groups is 1. The van der Waals surface area contributed by atoms with Crippen molar-refractivity contribution >= 4 is 5.91 Å². The predicted octanol–water partition coefficient (Wildman–Crippen LogP) is 5.87. The zero-order chi connectivity index (χ0) is 58.3. The largest absolute Gasteiger partial charge is 0.394 e. The van der Waals surface area contributed by atoms with Gasteiger partial charge in [-0.15, -0.1) is 0 Å². The number of carbonyl (C=O) groups excluding carboxylic acids is 1. The number of unbranched alkanes of at least 4 members (excludes halogenated alkanes) is 23. The van der Waals surface area contributed by atoms with Gasteiger partial charge in [-0.1, -0.05) is 172 Å². The average molecular weight is 1140 g/mol. The Bertz CT molecular complexity index is 1650. The molecule has 3 fully saturated rings. The minimum atomic E-state index is -1.98. The summed E-state index contributed by atoms with van der Waals surface area (Å²) in [6.07, 6.45) is 22.4. The highest BCUT2D eigenvalue weighted by Crippen LogP contribution is 2.33. The fraction of sp³-hybridized carbons (Fsp3) is 0.852. The summed E-state index contributed by atoms with van der Waals surface area (Å²) in [6, 6.07) is -1.000. The molecule has 0 aromatic heterocycles. The van der Waals surface area contributed by atoms with Crippen LogP contribution in [-0.4, -0.2) is 193 Å². The summed E-state index contributed by atoms with van der Waals surface area (Å²) < 4.78 is 34.2. The maximum Gasteiger partial charge on any atom is 0.220 e. The third-order valence-electron chi connectivity index (χ3n) is 15.3. The van der Waals surface area contributed by atoms with Crippen LogP contribution in [-0.2, 0) is 33.2 Å². The number of ether oxygens (including phenoxy) is 6. The van der Waals surface area contributed by atoms with Crippen LogP contribution in [0.25, 0.3) is 0 Å². The van der Waals surface area contributed by atoms with Crippen molar-refractivity contribution in [2.45, 2.75) is 304 Å². The lowest BCUT2D eigenvalue weighted by atomic mass is 9.96. The van der Waals surface area contributed by atoms with Gasteiger partial charge in [-0.25, -0.2) is 0 Å². The summed E-state index contributed by atoms with van der Waals surface area (Å²) in [6.45, 7) is 1.66. The first-order valence-electron chi connectivity index (χ1n) is 30.9. The topological polar surface area (TPSA) is 307 Å². The van der Waals surface area contributed by atoms with Crippen LogP contribution < -0.4 is 5.32 Å². The Hall–Kier alpha value is -2.25. The number of aliphatic hydroxyl groups excluding tert-OH is 11. The Morgan fingerprint density at radius 2 is 0.800 bits per heavy atom. The molecule has 3 heterocycles. The van der Waals surface area contributed by atoms with E-state index in [1.54, 1.807) is 6.08 Å². The first kappa shape index (κ1) is 72.0. The van der Waals surface area contributed by atoms with Crippen LogP contribution >= 0.6 is 0 Å². The third kappa shape index (κ3) is 27.6. The molecule has 1 amide bonds. The lowest BCUT2D eigenvalue weighted by molar-refractivity contribution is -0.379. The molecule has 3 saturated heterocycles. The number of hydrogen-bond acceptors (Lipinski definition) is 18. The van der Waals surface area contributed by atoms with Crippen molar-refractivity contribution in [2.24, 2.45) is 0 Å². The second kappa shape index (κ2) is 44.3. The van der Waals surface area contributed by atoms with Gasteiger partial charge >= 0.3 is 0 Å². The second-order valence-corrected chi connectivity index (χ2v) is 22.1. The van der Waals surface area contributed by atoms with Gasteiger partial charge in [0.15, 0.2) is 18.9 Å². The van der Waals surface area contributed by atoms with Gasteiger partial charge < -0.3 is 89.9 Å². The van der Waals surface area contributed by atoms with E-state index in [0.717, 1.165) is 64.2 Å². The van der Waals surface area contributed by atoms with Crippen molar-refractivity contribution in [1.29, 1.82) is 0 Å². The number of aliphatic hydroxyl groups is 11. The molecule has 0 bridgehead atoms. The van der Waals surface area contributed by atoms with Crippen molar-refractivity contribution < 1.29 is 89.4 Å². The van der Waals surface area contributed by atoms with E-state index < -0.39 is 124 Å². The van der Waals surface area contributed by atoms with E-state index in [-0.39, 0.29) is 18.9 Å². The fourth-order valence-corrected chi connectivity index (χ4v) is 10.2. The Balaban J connectivity index is 1.51. The van der Waals surface area contributed by atoms with E-state index in [9.17, 15) is 61.0 Å². The maximum atomic E-state index is 13.3. The van der Waals surface area contributed by atoms with Crippen LogP contribution in [0.3, 0.4) is 0 Å². The van der Waals surface area contributed by atoms with Crippen molar-refractivity contribution in [3.8, 4) is 0 Å². The molecule has 3 rings (SSSR count). The van der Waals surface area contributed by atoms with Gasteiger partial charge in [-0.2, -0.15) is 0 Å². The van der Waals surface area contributed by atoms with Crippen molar-refractivity contribution in [2.75, 3.05) is 26.4 Å². The van der Waals surface area contributed by atoms with Gasteiger partial charge in [-0.05, 0) is 70.6 Å². The zero-order valence-corrected chi connectivity index (χ0v) is 48.5. The van der Waals surface area contributed by atoms with Gasteiger partial charge in [0, 0.05) is 6.42 Å². The monoisotopic (exact) mass is 1140 g/mol. The molecule has 19 heteroatoms. The molecule has 0 aliphatic carbocycles. The molecule has 466 valence electrons. The molecule has 3 aliphatic rings. The van der Waals surface area contributed by atoms with Crippen LogP contribution in [0.5, 0.6) is 0 Å². The molecular weight excluding hydrogens is 1030 g/mol. The summed E-state index contributed by atoms with van der Waals surface area (Å²) in [5.74, 6) is -0.301. The molecule has 0 radical (unpaired) electrons. The quantitative estimate of drug-likeness (QED) is 0.0250. The first-order valence-corrected chi connectivity index (χ1v) is 30.9. The van der Waals surface area contributed by atoms with E-state index in [2.05, 4.69) is 55.6 Å². The number of hydrogen-bond donors (Lipinski definition) is 12. The first-order chi connectivity index (χ1) is 38.8. The number of nitrogens with one attached hydrogen (secondary N) is 1. The highest BCUT2D eigenvalue weighted by atomic mass is 16.8. The summed E-state index contributed by atoms with van der Waals surface area (Å²) in [5.41, 5.74) is 0. The van der Waals surface area contributed by atoms with Crippen molar-refractivity contribution in [1.82, 2.24) is 5.32 Å². The SMILES string of the molecule is CCCCCC/C=C\CCCCCCCC(=O)NC(COC1OC(CO)C(OC2OC(CO)C(OC3OC(CO)C(O)C(O)C3O)C(O)C2O)C(O)C1O)C(O)/C=C/CC/C=C/CC/C=C/CCCCCCCCCCCCCC. The molecule has 17 unspecified atom stereocenters. The normalized spacial score (nSPS) is 30.3. The molecule has 19 nitrogen and oxygen atoms in total. The van der Waals surface area contributed by atoms with Crippen LogP contribution in [0.1, 0.15) is 200 Å². The van der Waals surface area contributed by atoms with Gasteiger partial charge in [0.25, 0.3) is 0 Å². The molecule has 3 aliphatic heterocycles. The van der Waals surface area contributed by atoms with E-state index in [0.29, 0.717) is 12.8 Å². The molecule has 17 atom stereocenters. The minimum absolute atomic E-state index is 0.221. The Morgan fingerprint density at radius 3 is 1.26 bits per heavy atom. The Labute approximate surface area is 478 Å². The maximum absolute atomic E-state index is 13.3. The van der Waals surface area contributed by atoms with Crippen molar-refractivity contribution in [3.63, 3.8) is 0 Å². The smallest absolute Gasteiger partial charge is 0.220 e. The predicted molar refractivity (Wildman–Crippen MR) is 305 cm³/mol. The number of allylic oxidation sites excluding steroid dienone is 7. The van der Waals surface area contributed by atoms with Crippen LogP contribution in [0.15, 0.2) is 48.6 Å². The van der Waals surface area contributed by atoms with Crippen molar-refractivity contribution in [3.05, 3.63) is 48.6 Å². The molecule has 80 heavy (non-hydrogen) atoms. The average Bonchev–Trinajstić information content (AvgIpc) is 3.46. The molecule has 0 spiro atoms. The third-order valence-corrected chi connectivity index (χ3v) is 15.3. The lowest BCUT2D eigenvalue weighted by Crippen LogP contribution is -2.66. The van der Waals surface area contributed by atoms with Crippen LogP contribution in [0.2, 0.25) is 0 Å². The highest BCUT2D eigenvalue weighted by Gasteiger charge is 2.53. The highest BCUT2D eigenvalue weighted by molar-refractivity contribution is 5.76.